The van der Waals surface area contributed by atoms with E-state index >= 15 is 0 Å². The summed E-state index contributed by atoms with van der Waals surface area (Å²) < 4.78 is 37.4. The van der Waals surface area contributed by atoms with Crippen molar-refractivity contribution in [2.45, 2.75) is 25.6 Å². The molecule has 0 aromatic carbocycles. The number of anilines is 1. The average Bonchev–Trinajstić information content (AvgIpc) is 2.30. The number of amides is 2. The van der Waals surface area contributed by atoms with Crippen LogP contribution < -0.4 is 16.2 Å². The Hall–Kier alpha value is -2.03. The first kappa shape index (κ1) is 16.0. The maximum atomic E-state index is 12.5. The number of pyridine rings is 1. The third-order valence-corrected chi connectivity index (χ3v) is 2.33. The van der Waals surface area contributed by atoms with Crippen molar-refractivity contribution < 1.29 is 23.1 Å². The number of aliphatic hydroxyl groups is 1. The zero-order valence-electron chi connectivity index (χ0n) is 10.8. The number of aromatic nitrogens is 1. The second-order valence-electron chi connectivity index (χ2n) is 4.75. The highest BCUT2D eigenvalue weighted by molar-refractivity contribution is 5.89. The number of rotatable bonds is 3. The maximum Gasteiger partial charge on any atom is 0.417 e. The number of hydrogen-bond donors (Lipinski definition) is 4. The average molecular weight is 293 g/mol. The quantitative estimate of drug-likeness (QED) is 0.676. The monoisotopic (exact) mass is 293 g/mol. The summed E-state index contributed by atoms with van der Waals surface area (Å²) >= 11 is 0. The zero-order chi connectivity index (χ0) is 15.6. The lowest BCUT2D eigenvalue weighted by Crippen LogP contribution is -2.48. The highest BCUT2D eigenvalue weighted by Crippen LogP contribution is 2.29. The van der Waals surface area contributed by atoms with Gasteiger partial charge in [-0.3, -0.25) is 4.79 Å². The van der Waals surface area contributed by atoms with E-state index in [0.29, 0.717) is 12.3 Å². The van der Waals surface area contributed by atoms with E-state index in [0.717, 1.165) is 0 Å². The molecule has 0 saturated heterocycles. The second-order valence-corrected chi connectivity index (χ2v) is 4.75. The fourth-order valence-electron chi connectivity index (χ4n) is 1.24. The fraction of sp³-hybridized carbons (Fsp3) is 0.455. The maximum absolute atomic E-state index is 12.5. The number of hydrogen-bond acceptors (Lipinski definition) is 3. The van der Waals surface area contributed by atoms with Gasteiger partial charge in [0.25, 0.3) is 5.56 Å². The summed E-state index contributed by atoms with van der Waals surface area (Å²) in [5.41, 5.74) is -3.46. The molecule has 0 fully saturated rings. The Balaban J connectivity index is 2.93. The lowest BCUT2D eigenvalue weighted by Gasteiger charge is -2.23. The molecule has 9 heteroatoms. The van der Waals surface area contributed by atoms with Crippen LogP contribution in [0.15, 0.2) is 17.1 Å². The normalized spacial score (nSPS) is 12.1. The van der Waals surface area contributed by atoms with Crippen molar-refractivity contribution in [3.8, 4) is 0 Å². The van der Waals surface area contributed by atoms with Crippen molar-refractivity contribution in [2.75, 3.05) is 11.9 Å². The van der Waals surface area contributed by atoms with Gasteiger partial charge in [0.1, 0.15) is 5.69 Å². The minimum atomic E-state index is -4.64. The van der Waals surface area contributed by atoms with Crippen molar-refractivity contribution in [2.24, 2.45) is 0 Å². The molecule has 0 spiro atoms. The summed E-state index contributed by atoms with van der Waals surface area (Å²) in [5, 5.41) is 13.3. The van der Waals surface area contributed by atoms with Gasteiger partial charge in [-0.25, -0.2) is 4.79 Å². The van der Waals surface area contributed by atoms with Gasteiger partial charge in [-0.2, -0.15) is 13.2 Å². The number of H-pyrrole nitrogens is 1. The highest BCUT2D eigenvalue weighted by Gasteiger charge is 2.31. The van der Waals surface area contributed by atoms with Gasteiger partial charge in [0.2, 0.25) is 0 Å². The van der Waals surface area contributed by atoms with Gasteiger partial charge in [-0.1, -0.05) is 0 Å². The SMILES string of the molecule is CC(C)(CO)NC(=O)Nc1cc(C(F)(F)F)c[nH]c1=O. The van der Waals surface area contributed by atoms with Gasteiger partial charge in [0, 0.05) is 6.20 Å². The van der Waals surface area contributed by atoms with Crippen LogP contribution in [0.25, 0.3) is 0 Å². The van der Waals surface area contributed by atoms with Crippen LogP contribution >= 0.6 is 0 Å². The lowest BCUT2D eigenvalue weighted by molar-refractivity contribution is -0.137. The molecule has 0 aliphatic heterocycles. The first-order valence-corrected chi connectivity index (χ1v) is 5.55. The summed E-state index contributed by atoms with van der Waals surface area (Å²) in [6.07, 6.45) is -4.12. The largest absolute Gasteiger partial charge is 0.417 e. The van der Waals surface area contributed by atoms with E-state index in [1.807, 2.05) is 10.3 Å². The first-order valence-electron chi connectivity index (χ1n) is 5.55. The van der Waals surface area contributed by atoms with Crippen molar-refractivity contribution in [3.05, 3.63) is 28.2 Å². The van der Waals surface area contributed by atoms with Crippen LogP contribution in [0.2, 0.25) is 0 Å². The van der Waals surface area contributed by atoms with Crippen molar-refractivity contribution in [3.63, 3.8) is 0 Å². The third kappa shape index (κ3) is 4.26. The lowest BCUT2D eigenvalue weighted by atomic mass is 10.1. The van der Waals surface area contributed by atoms with Gasteiger partial charge in [0.15, 0.2) is 0 Å². The van der Waals surface area contributed by atoms with E-state index in [-0.39, 0.29) is 6.61 Å². The topological polar surface area (TPSA) is 94.2 Å². The molecular weight excluding hydrogens is 279 g/mol. The summed E-state index contributed by atoms with van der Waals surface area (Å²) in [6.45, 7) is 2.63. The molecule has 0 unspecified atom stereocenters. The van der Waals surface area contributed by atoms with Crippen LogP contribution in [0.1, 0.15) is 19.4 Å². The molecule has 6 nitrogen and oxygen atoms in total. The number of aliphatic hydroxyl groups excluding tert-OH is 1. The van der Waals surface area contributed by atoms with E-state index in [1.54, 1.807) is 0 Å². The number of carbonyl (C=O) groups excluding carboxylic acids is 1. The smallest absolute Gasteiger partial charge is 0.394 e. The molecule has 0 radical (unpaired) electrons. The number of alkyl halides is 3. The summed E-state index contributed by atoms with van der Waals surface area (Å²) in [7, 11) is 0. The standard InChI is InChI=1S/C11H14F3N3O3/c1-10(2,5-18)17-9(20)16-7-3-6(11(12,13)14)4-15-8(7)19/h3-4,18H,5H2,1-2H3,(H,15,19)(H2,16,17,20). The summed E-state index contributed by atoms with van der Waals surface area (Å²) in [4.78, 5) is 24.8. The minimum absolute atomic E-state index is 0.376. The Kier molecular flexibility index (Phi) is 4.43. The number of urea groups is 1. The van der Waals surface area contributed by atoms with E-state index in [2.05, 4.69) is 5.32 Å². The Morgan fingerprint density at radius 2 is 2.00 bits per heavy atom. The van der Waals surface area contributed by atoms with Gasteiger partial charge in [-0.05, 0) is 19.9 Å². The molecule has 20 heavy (non-hydrogen) atoms. The third-order valence-electron chi connectivity index (χ3n) is 2.33. The van der Waals surface area contributed by atoms with Crippen LogP contribution in [-0.2, 0) is 6.18 Å². The molecule has 0 atom stereocenters. The Morgan fingerprint density at radius 3 is 2.50 bits per heavy atom. The number of nitrogens with one attached hydrogen (secondary N) is 3. The first-order chi connectivity index (χ1) is 9.05. The van der Waals surface area contributed by atoms with Gasteiger partial charge in [0.05, 0.1) is 17.7 Å². The van der Waals surface area contributed by atoms with Crippen LogP contribution in [-0.4, -0.2) is 28.3 Å². The molecule has 0 saturated carbocycles. The molecule has 112 valence electrons. The van der Waals surface area contributed by atoms with Gasteiger partial charge >= 0.3 is 12.2 Å². The number of halogens is 3. The molecule has 0 aliphatic carbocycles. The molecular formula is C11H14F3N3O3. The van der Waals surface area contributed by atoms with Crippen molar-refractivity contribution in [1.82, 2.24) is 10.3 Å². The Labute approximate surface area is 112 Å². The van der Waals surface area contributed by atoms with E-state index < -0.39 is 34.6 Å². The fourth-order valence-corrected chi connectivity index (χ4v) is 1.24. The minimum Gasteiger partial charge on any atom is -0.394 e. The van der Waals surface area contributed by atoms with Gasteiger partial charge < -0.3 is 20.7 Å². The predicted octanol–water partition coefficient (Wildman–Crippen LogP) is 1.29. The molecule has 1 heterocycles. The van der Waals surface area contributed by atoms with Crippen LogP contribution in [0.4, 0.5) is 23.7 Å². The highest BCUT2D eigenvalue weighted by atomic mass is 19.4. The van der Waals surface area contributed by atoms with Crippen LogP contribution in [0, 0.1) is 0 Å². The van der Waals surface area contributed by atoms with Crippen LogP contribution in [0.3, 0.4) is 0 Å². The van der Waals surface area contributed by atoms with E-state index in [1.165, 1.54) is 13.8 Å². The second kappa shape index (κ2) is 5.53. The molecule has 4 N–H and O–H groups in total. The van der Waals surface area contributed by atoms with Gasteiger partial charge in [-0.15, -0.1) is 0 Å². The van der Waals surface area contributed by atoms with Crippen molar-refractivity contribution >= 4 is 11.7 Å². The Morgan fingerprint density at radius 1 is 1.40 bits per heavy atom. The van der Waals surface area contributed by atoms with E-state index in [4.69, 9.17) is 5.11 Å². The molecule has 2 amide bonds. The zero-order valence-corrected chi connectivity index (χ0v) is 10.8. The van der Waals surface area contributed by atoms with Crippen LogP contribution in [0.5, 0.6) is 0 Å². The molecule has 1 aromatic heterocycles. The summed E-state index contributed by atoms with van der Waals surface area (Å²) in [5.74, 6) is 0. The molecule has 1 rings (SSSR count). The molecule has 0 bridgehead atoms. The number of aromatic amines is 1. The Bertz CT molecular complexity index is 552. The molecule has 1 aromatic rings. The summed E-state index contributed by atoms with van der Waals surface area (Å²) in [6, 6.07) is -0.362. The van der Waals surface area contributed by atoms with E-state index in [9.17, 15) is 22.8 Å². The number of carbonyl (C=O) groups is 1. The van der Waals surface area contributed by atoms with Crippen molar-refractivity contribution in [1.29, 1.82) is 0 Å². The predicted molar refractivity (Wildman–Crippen MR) is 65.4 cm³/mol. The molecule has 0 aliphatic rings.